The van der Waals surface area contributed by atoms with Crippen molar-refractivity contribution in [2.24, 2.45) is 7.05 Å². The average Bonchev–Trinajstić information content (AvgIpc) is 3.23. The Morgan fingerprint density at radius 1 is 1.09 bits per heavy atom. The minimum absolute atomic E-state index is 0.0706. The first-order valence-electron chi connectivity index (χ1n) is 10.4. The molecule has 3 heterocycles. The first kappa shape index (κ1) is 26.0. The summed E-state index contributed by atoms with van der Waals surface area (Å²) < 4.78 is 84.6. The second-order valence-corrected chi connectivity index (χ2v) is 7.60. The van der Waals surface area contributed by atoms with Crippen LogP contribution in [0.5, 0.6) is 5.88 Å². The summed E-state index contributed by atoms with van der Waals surface area (Å²) in [5.74, 6) is -0.676. The maximum atomic E-state index is 13.3. The minimum atomic E-state index is -4.72. The fourth-order valence-corrected chi connectivity index (χ4v) is 3.27. The van der Waals surface area contributed by atoms with Gasteiger partial charge in [-0.1, -0.05) is 0 Å². The number of carbonyl (C=O) groups is 1. The predicted octanol–water partition coefficient (Wildman–Crippen LogP) is 4.84. The van der Waals surface area contributed by atoms with Gasteiger partial charge >= 0.3 is 12.4 Å². The number of hydrogen-bond donors (Lipinski definition) is 0. The maximum Gasteiger partial charge on any atom is 0.433 e. The predicted molar refractivity (Wildman–Crippen MR) is 112 cm³/mol. The molecule has 1 amide bonds. The van der Waals surface area contributed by atoms with Crippen molar-refractivity contribution in [1.29, 1.82) is 0 Å². The molecule has 0 radical (unpaired) electrons. The molecule has 13 heteroatoms. The summed E-state index contributed by atoms with van der Waals surface area (Å²) in [6, 6.07) is 4.50. The number of alkyl halides is 6. The summed E-state index contributed by atoms with van der Waals surface area (Å²) in [5, 5.41) is 4.08. The zero-order chi connectivity index (χ0) is 26.0. The van der Waals surface area contributed by atoms with Crippen molar-refractivity contribution in [2.75, 3.05) is 13.2 Å². The number of carbonyl (C=O) groups excluding carboxylic acids is 1. The van der Waals surface area contributed by atoms with Crippen molar-refractivity contribution < 1.29 is 35.9 Å². The third-order valence-electron chi connectivity index (χ3n) is 5.04. The lowest BCUT2D eigenvalue weighted by Crippen LogP contribution is -2.42. The van der Waals surface area contributed by atoms with Crippen molar-refractivity contribution in [1.82, 2.24) is 24.6 Å². The van der Waals surface area contributed by atoms with Crippen molar-refractivity contribution in [3.8, 4) is 17.3 Å². The molecule has 3 aromatic heterocycles. The van der Waals surface area contributed by atoms with E-state index in [2.05, 4.69) is 15.1 Å². The summed E-state index contributed by atoms with van der Waals surface area (Å²) in [7, 11) is 1.58. The molecule has 0 aliphatic rings. The summed E-state index contributed by atoms with van der Waals surface area (Å²) in [6.45, 7) is 3.35. The van der Waals surface area contributed by atoms with Crippen LogP contribution in [0.3, 0.4) is 0 Å². The highest BCUT2D eigenvalue weighted by molar-refractivity contribution is 5.99. The molecule has 188 valence electrons. The Bertz CT molecular complexity index is 1170. The Hall–Kier alpha value is -3.64. The number of nitrogens with zero attached hydrogens (tertiary/aromatic N) is 5. The molecular formula is C22H21F6N5O2. The number of hydrogen-bond acceptors (Lipinski definition) is 5. The third-order valence-corrected chi connectivity index (χ3v) is 5.04. The van der Waals surface area contributed by atoms with Gasteiger partial charge in [-0.3, -0.25) is 9.48 Å². The number of amides is 1. The van der Waals surface area contributed by atoms with Crippen molar-refractivity contribution in [3.05, 3.63) is 59.5 Å². The Kier molecular flexibility index (Phi) is 7.36. The zero-order valence-corrected chi connectivity index (χ0v) is 18.9. The van der Waals surface area contributed by atoms with Crippen LogP contribution in [-0.4, -0.2) is 49.7 Å². The van der Waals surface area contributed by atoms with Gasteiger partial charge in [0.25, 0.3) is 5.91 Å². The Balaban J connectivity index is 1.83. The number of rotatable bonds is 7. The molecule has 35 heavy (non-hydrogen) atoms. The summed E-state index contributed by atoms with van der Waals surface area (Å²) >= 11 is 0. The van der Waals surface area contributed by atoms with Gasteiger partial charge in [0.1, 0.15) is 23.7 Å². The normalized spacial score (nSPS) is 12.9. The van der Waals surface area contributed by atoms with Gasteiger partial charge in [-0.2, -0.15) is 31.4 Å². The lowest BCUT2D eigenvalue weighted by Gasteiger charge is -2.28. The summed E-state index contributed by atoms with van der Waals surface area (Å²) in [6.07, 6.45) is -7.11. The molecule has 0 aliphatic carbocycles. The van der Waals surface area contributed by atoms with E-state index in [-0.39, 0.29) is 36.0 Å². The highest BCUT2D eigenvalue weighted by Gasteiger charge is 2.35. The SMILES string of the molecule is CCN(C(=O)c1ccc(C(F)(F)F)nc1-c1ccn(C)n1)[C@@H](C)COc1ccc(C(F)(F)F)cn1. The number of pyridine rings is 2. The fourth-order valence-electron chi connectivity index (χ4n) is 3.27. The number of ether oxygens (including phenoxy) is 1. The molecule has 3 rings (SSSR count). The van der Waals surface area contributed by atoms with Crippen LogP contribution in [0, 0.1) is 0 Å². The molecule has 0 bridgehead atoms. The van der Waals surface area contributed by atoms with E-state index in [0.29, 0.717) is 6.20 Å². The first-order chi connectivity index (χ1) is 16.3. The highest BCUT2D eigenvalue weighted by atomic mass is 19.4. The van der Waals surface area contributed by atoms with Gasteiger partial charge in [0.05, 0.1) is 17.2 Å². The quantitative estimate of drug-likeness (QED) is 0.433. The van der Waals surface area contributed by atoms with Crippen molar-refractivity contribution in [2.45, 2.75) is 32.2 Å². The molecule has 7 nitrogen and oxygen atoms in total. The van der Waals surface area contributed by atoms with Crippen LogP contribution < -0.4 is 4.74 Å². The van der Waals surface area contributed by atoms with Crippen LogP contribution in [0.1, 0.15) is 35.5 Å². The van der Waals surface area contributed by atoms with E-state index in [9.17, 15) is 31.1 Å². The Morgan fingerprint density at radius 2 is 1.80 bits per heavy atom. The number of aromatic nitrogens is 4. The molecule has 0 saturated heterocycles. The van der Waals surface area contributed by atoms with E-state index in [1.807, 2.05) is 0 Å². The summed E-state index contributed by atoms with van der Waals surface area (Å²) in [5.41, 5.74) is -2.31. The van der Waals surface area contributed by atoms with Gasteiger partial charge < -0.3 is 9.64 Å². The van der Waals surface area contributed by atoms with Crippen LogP contribution in [0.25, 0.3) is 11.4 Å². The molecule has 0 aliphatic heterocycles. The largest absolute Gasteiger partial charge is 0.475 e. The summed E-state index contributed by atoms with van der Waals surface area (Å²) in [4.78, 5) is 22.0. The zero-order valence-electron chi connectivity index (χ0n) is 18.9. The second kappa shape index (κ2) is 9.92. The van der Waals surface area contributed by atoms with Gasteiger partial charge in [-0.15, -0.1) is 0 Å². The highest BCUT2D eigenvalue weighted by Crippen LogP contribution is 2.32. The minimum Gasteiger partial charge on any atom is -0.475 e. The van der Waals surface area contributed by atoms with Crippen LogP contribution in [0.2, 0.25) is 0 Å². The Morgan fingerprint density at radius 3 is 2.31 bits per heavy atom. The lowest BCUT2D eigenvalue weighted by molar-refractivity contribution is -0.141. The molecular weight excluding hydrogens is 480 g/mol. The first-order valence-corrected chi connectivity index (χ1v) is 10.4. The number of halogens is 6. The van der Waals surface area contributed by atoms with Crippen molar-refractivity contribution in [3.63, 3.8) is 0 Å². The van der Waals surface area contributed by atoms with Gasteiger partial charge in [0.15, 0.2) is 0 Å². The van der Waals surface area contributed by atoms with Gasteiger partial charge in [0, 0.05) is 32.1 Å². The second-order valence-electron chi connectivity index (χ2n) is 7.60. The third kappa shape index (κ3) is 6.08. The number of aryl methyl sites for hydroxylation is 1. The van der Waals surface area contributed by atoms with E-state index in [0.717, 1.165) is 24.3 Å². The van der Waals surface area contributed by atoms with Crippen LogP contribution in [0.15, 0.2) is 42.7 Å². The molecule has 1 atom stereocenters. The van der Waals surface area contributed by atoms with Crippen LogP contribution >= 0.6 is 0 Å². The standard InChI is InChI=1S/C22H21F6N5O2/c1-4-33(13(2)12-35-18-8-5-14(11-29-18)21(23,24)25)20(34)15-6-7-17(22(26,27)28)30-19(15)16-9-10-32(3)31-16/h5-11,13H,4,12H2,1-3H3/t13-/m0/s1. The molecule has 0 spiro atoms. The van der Waals surface area contributed by atoms with Crippen LogP contribution in [0.4, 0.5) is 26.3 Å². The van der Waals surface area contributed by atoms with E-state index in [1.54, 1.807) is 20.9 Å². The molecule has 0 saturated carbocycles. The van der Waals surface area contributed by atoms with Crippen molar-refractivity contribution >= 4 is 5.91 Å². The van der Waals surface area contributed by atoms with Gasteiger partial charge in [0.2, 0.25) is 5.88 Å². The van der Waals surface area contributed by atoms with Crippen LogP contribution in [-0.2, 0) is 19.4 Å². The topological polar surface area (TPSA) is 73.1 Å². The van der Waals surface area contributed by atoms with Gasteiger partial charge in [-0.05, 0) is 38.1 Å². The molecule has 0 fully saturated rings. The lowest BCUT2D eigenvalue weighted by atomic mass is 10.1. The van der Waals surface area contributed by atoms with E-state index in [4.69, 9.17) is 4.74 Å². The molecule has 0 N–H and O–H groups in total. The molecule has 3 aromatic rings. The molecule has 0 unspecified atom stereocenters. The molecule has 0 aromatic carbocycles. The average molecular weight is 501 g/mol. The van der Waals surface area contributed by atoms with E-state index in [1.165, 1.54) is 21.8 Å². The Labute approximate surface area is 196 Å². The fraction of sp³-hybridized carbons (Fsp3) is 0.364. The maximum absolute atomic E-state index is 13.3. The van der Waals surface area contributed by atoms with Gasteiger partial charge in [-0.25, -0.2) is 9.97 Å². The van der Waals surface area contributed by atoms with E-state index < -0.39 is 35.6 Å². The number of likely N-dealkylation sites (N-methyl/N-ethyl adjacent to an activating group) is 1. The smallest absolute Gasteiger partial charge is 0.433 e. The van der Waals surface area contributed by atoms with E-state index >= 15 is 0 Å². The monoisotopic (exact) mass is 501 g/mol.